The van der Waals surface area contributed by atoms with E-state index in [9.17, 15) is 13.2 Å². The molecular weight excluding hydrogens is 432 g/mol. The minimum atomic E-state index is -4.33. The molecule has 0 N–H and O–H groups in total. The van der Waals surface area contributed by atoms with Gasteiger partial charge in [0, 0.05) is 19.2 Å². The Morgan fingerprint density at radius 3 is 2.55 bits per heavy atom. The van der Waals surface area contributed by atoms with Gasteiger partial charge in [-0.25, -0.2) is 4.98 Å². The Kier molecular flexibility index (Phi) is 4.41. The monoisotopic (exact) mass is 444 g/mol. The number of fused-ring (bicyclic) bond motifs is 1. The molecule has 0 bridgehead atoms. The van der Waals surface area contributed by atoms with Gasteiger partial charge in [-0.1, -0.05) is 11.6 Å². The largest absolute Gasteiger partial charge is 0.408 e. The molecular formula is C13H13ClF3IN4. The third-order valence-electron chi connectivity index (χ3n) is 3.63. The van der Waals surface area contributed by atoms with Gasteiger partial charge in [-0.2, -0.15) is 18.3 Å². The van der Waals surface area contributed by atoms with Gasteiger partial charge in [-0.15, -0.1) is 0 Å². The Balaban J connectivity index is 2.16. The second kappa shape index (κ2) is 6.03. The molecule has 22 heavy (non-hydrogen) atoms. The van der Waals surface area contributed by atoms with Crippen molar-refractivity contribution in [2.24, 2.45) is 0 Å². The summed E-state index contributed by atoms with van der Waals surface area (Å²) in [4.78, 5) is 6.24. The average Bonchev–Trinajstić information content (AvgIpc) is 2.73. The first kappa shape index (κ1) is 16.1. The first-order valence-electron chi connectivity index (χ1n) is 6.89. The number of aromatic nitrogens is 3. The van der Waals surface area contributed by atoms with E-state index in [0.717, 1.165) is 37.0 Å². The molecule has 0 aliphatic carbocycles. The highest BCUT2D eigenvalue weighted by molar-refractivity contribution is 14.1. The van der Waals surface area contributed by atoms with E-state index in [-0.39, 0.29) is 5.15 Å². The van der Waals surface area contributed by atoms with Crippen molar-refractivity contribution in [1.29, 1.82) is 0 Å². The van der Waals surface area contributed by atoms with Crippen LogP contribution in [0.25, 0.3) is 11.0 Å². The Bertz CT molecular complexity index is 695. The molecule has 9 heteroatoms. The summed E-state index contributed by atoms with van der Waals surface area (Å²) in [5.74, 6) is 0. The van der Waals surface area contributed by atoms with Crippen LogP contribution in [0.4, 0.5) is 18.9 Å². The number of hydrogen-bond acceptors (Lipinski definition) is 3. The summed E-state index contributed by atoms with van der Waals surface area (Å²) in [6, 6.07) is 1.64. The van der Waals surface area contributed by atoms with Gasteiger partial charge in [0.2, 0.25) is 0 Å². The molecule has 3 rings (SSSR count). The Labute approximate surface area is 143 Å². The number of rotatable bonds is 2. The lowest BCUT2D eigenvalue weighted by atomic mass is 10.1. The van der Waals surface area contributed by atoms with E-state index in [1.165, 1.54) is 0 Å². The fraction of sp³-hybridized carbons (Fsp3) is 0.538. The fourth-order valence-corrected chi connectivity index (χ4v) is 3.58. The summed E-state index contributed by atoms with van der Waals surface area (Å²) in [6.07, 6.45) is -1.16. The van der Waals surface area contributed by atoms with Crippen LogP contribution in [-0.2, 0) is 6.54 Å². The number of anilines is 1. The SMILES string of the molecule is FC(F)(F)Cn1nc(I)c2nc(Cl)cc(N3CCCCC3)c21. The van der Waals surface area contributed by atoms with Crippen LogP contribution in [0.5, 0.6) is 0 Å². The van der Waals surface area contributed by atoms with Gasteiger partial charge in [0.1, 0.15) is 26.4 Å². The molecule has 1 saturated heterocycles. The van der Waals surface area contributed by atoms with Crippen molar-refractivity contribution in [3.63, 3.8) is 0 Å². The molecule has 2 aromatic heterocycles. The van der Waals surface area contributed by atoms with Crippen LogP contribution in [0.1, 0.15) is 19.3 Å². The summed E-state index contributed by atoms with van der Waals surface area (Å²) in [6.45, 7) is 0.489. The zero-order chi connectivity index (χ0) is 15.9. The number of pyridine rings is 1. The first-order valence-corrected chi connectivity index (χ1v) is 8.35. The maximum absolute atomic E-state index is 12.8. The lowest BCUT2D eigenvalue weighted by Crippen LogP contribution is -2.30. The standard InChI is InChI=1S/C13H13ClF3IN4/c14-9-6-8(21-4-2-1-3-5-21)11-10(19-9)12(18)20-22(11)7-13(15,16)17/h6H,1-5,7H2. The van der Waals surface area contributed by atoms with Crippen molar-refractivity contribution in [3.8, 4) is 0 Å². The summed E-state index contributed by atoms with van der Waals surface area (Å²) in [5, 5.41) is 4.28. The van der Waals surface area contributed by atoms with Crippen LogP contribution in [-0.4, -0.2) is 34.0 Å². The van der Waals surface area contributed by atoms with Crippen LogP contribution < -0.4 is 4.90 Å². The van der Waals surface area contributed by atoms with Gasteiger partial charge >= 0.3 is 6.18 Å². The highest BCUT2D eigenvalue weighted by atomic mass is 127. The molecule has 1 aliphatic rings. The van der Waals surface area contributed by atoms with Crippen molar-refractivity contribution in [1.82, 2.24) is 14.8 Å². The Morgan fingerprint density at radius 1 is 1.23 bits per heavy atom. The van der Waals surface area contributed by atoms with Crippen molar-refractivity contribution < 1.29 is 13.2 Å². The van der Waals surface area contributed by atoms with Crippen molar-refractivity contribution in [2.75, 3.05) is 18.0 Å². The van der Waals surface area contributed by atoms with E-state index >= 15 is 0 Å². The van der Waals surface area contributed by atoms with E-state index in [4.69, 9.17) is 11.6 Å². The molecule has 1 fully saturated rings. The van der Waals surface area contributed by atoms with Gasteiger partial charge in [0.05, 0.1) is 5.69 Å². The lowest BCUT2D eigenvalue weighted by Gasteiger charge is -2.29. The maximum atomic E-state index is 12.8. The van der Waals surface area contributed by atoms with Gasteiger partial charge in [0.25, 0.3) is 0 Å². The van der Waals surface area contributed by atoms with E-state index in [1.807, 2.05) is 22.6 Å². The molecule has 2 aromatic rings. The number of hydrogen-bond donors (Lipinski definition) is 0. The van der Waals surface area contributed by atoms with Crippen LogP contribution in [0.2, 0.25) is 5.15 Å². The first-order chi connectivity index (χ1) is 10.3. The molecule has 1 aliphatic heterocycles. The average molecular weight is 445 g/mol. The van der Waals surface area contributed by atoms with Gasteiger partial charge in [0.15, 0.2) is 0 Å². The number of piperidine rings is 1. The zero-order valence-corrected chi connectivity index (χ0v) is 14.4. The lowest BCUT2D eigenvalue weighted by molar-refractivity contribution is -0.141. The van der Waals surface area contributed by atoms with Gasteiger partial charge in [-0.3, -0.25) is 4.68 Å². The van der Waals surface area contributed by atoms with Crippen LogP contribution in [0.15, 0.2) is 6.07 Å². The summed E-state index contributed by atoms with van der Waals surface area (Å²) in [5.41, 5.74) is 1.53. The molecule has 0 atom stereocenters. The topological polar surface area (TPSA) is 34.0 Å². The predicted octanol–water partition coefficient (Wildman–Crippen LogP) is 4.24. The highest BCUT2D eigenvalue weighted by Gasteiger charge is 2.31. The van der Waals surface area contributed by atoms with E-state index < -0.39 is 12.7 Å². The van der Waals surface area contributed by atoms with Crippen LogP contribution in [0.3, 0.4) is 0 Å². The molecule has 0 unspecified atom stereocenters. The zero-order valence-electron chi connectivity index (χ0n) is 11.5. The van der Waals surface area contributed by atoms with E-state index in [0.29, 0.717) is 20.4 Å². The number of alkyl halides is 3. The molecule has 4 nitrogen and oxygen atoms in total. The van der Waals surface area contributed by atoms with E-state index in [2.05, 4.69) is 15.0 Å². The second-order valence-corrected chi connectivity index (χ2v) is 6.68. The van der Waals surface area contributed by atoms with E-state index in [1.54, 1.807) is 6.07 Å². The molecule has 0 radical (unpaired) electrons. The predicted molar refractivity (Wildman–Crippen MR) is 87.4 cm³/mol. The summed E-state index contributed by atoms with van der Waals surface area (Å²) < 4.78 is 39.8. The summed E-state index contributed by atoms with van der Waals surface area (Å²) >= 11 is 7.95. The van der Waals surface area contributed by atoms with Crippen molar-refractivity contribution in [2.45, 2.75) is 32.0 Å². The number of nitrogens with zero attached hydrogens (tertiary/aromatic N) is 4. The summed E-state index contributed by atoms with van der Waals surface area (Å²) in [7, 11) is 0. The smallest absolute Gasteiger partial charge is 0.370 e. The van der Waals surface area contributed by atoms with Crippen LogP contribution in [0, 0.1) is 3.70 Å². The second-order valence-electron chi connectivity index (χ2n) is 5.27. The molecule has 120 valence electrons. The third-order valence-corrected chi connectivity index (χ3v) is 4.55. The Morgan fingerprint density at radius 2 is 1.91 bits per heavy atom. The highest BCUT2D eigenvalue weighted by Crippen LogP contribution is 2.34. The van der Waals surface area contributed by atoms with Gasteiger partial charge < -0.3 is 4.90 Å². The third kappa shape index (κ3) is 3.27. The minimum Gasteiger partial charge on any atom is -0.370 e. The molecule has 0 spiro atoms. The van der Waals surface area contributed by atoms with Crippen LogP contribution >= 0.6 is 34.2 Å². The van der Waals surface area contributed by atoms with Crippen molar-refractivity contribution in [3.05, 3.63) is 14.9 Å². The molecule has 0 saturated carbocycles. The normalized spacial score (nSPS) is 16.5. The van der Waals surface area contributed by atoms with Gasteiger partial charge in [-0.05, 0) is 41.9 Å². The fourth-order valence-electron chi connectivity index (χ4n) is 2.76. The molecule has 0 amide bonds. The molecule has 3 heterocycles. The number of halogens is 5. The molecule has 0 aromatic carbocycles. The minimum absolute atomic E-state index is 0.276. The Hall–Kier alpha value is -0.770. The maximum Gasteiger partial charge on any atom is 0.408 e. The quantitative estimate of drug-likeness (QED) is 0.513. The van der Waals surface area contributed by atoms with Crippen molar-refractivity contribution >= 4 is 50.9 Å².